The van der Waals surface area contributed by atoms with Crippen LogP contribution in [0.3, 0.4) is 0 Å². The lowest BCUT2D eigenvalue weighted by Gasteiger charge is -2.13. The number of ether oxygens (including phenoxy) is 2. The predicted molar refractivity (Wildman–Crippen MR) is 120 cm³/mol. The number of carbonyl (C=O) groups excluding carboxylic acids is 2. The molecule has 0 bridgehead atoms. The molecule has 0 spiro atoms. The Bertz CT molecular complexity index is 965. The average Bonchev–Trinajstić information content (AvgIpc) is 2.77. The van der Waals surface area contributed by atoms with E-state index in [1.165, 1.54) is 6.08 Å². The molecule has 0 unspecified atom stereocenters. The molecule has 7 nitrogen and oxygen atoms in total. The highest BCUT2D eigenvalue weighted by Crippen LogP contribution is 2.29. The molecule has 0 aliphatic carbocycles. The third kappa shape index (κ3) is 7.52. The highest BCUT2D eigenvalue weighted by Gasteiger charge is 2.13. The number of hydrogen-bond donors (Lipinski definition) is 2. The molecule has 0 aliphatic heterocycles. The Labute approximate surface area is 182 Å². The molecule has 0 heterocycles. The lowest BCUT2D eigenvalue weighted by atomic mass is 10.1. The zero-order chi connectivity index (χ0) is 22.6. The smallest absolute Gasteiger partial charge is 0.262 e. The van der Waals surface area contributed by atoms with Crippen LogP contribution in [0.1, 0.15) is 32.8 Å². The maximum Gasteiger partial charge on any atom is 0.262 e. The van der Waals surface area contributed by atoms with Gasteiger partial charge in [-0.1, -0.05) is 31.2 Å². The van der Waals surface area contributed by atoms with Gasteiger partial charge >= 0.3 is 0 Å². The molecule has 0 aliphatic rings. The van der Waals surface area contributed by atoms with Crippen LogP contribution in [0.25, 0.3) is 6.08 Å². The van der Waals surface area contributed by atoms with E-state index in [0.717, 1.165) is 6.42 Å². The SMILES string of the molecule is CCOc1cc(/C=C(\C#N)C(=O)N[C@H](C)CC)ccc1OCC(=O)Nc1ccccc1. The van der Waals surface area contributed by atoms with Crippen molar-refractivity contribution < 1.29 is 19.1 Å². The van der Waals surface area contributed by atoms with Crippen LogP contribution in [0.2, 0.25) is 0 Å². The summed E-state index contributed by atoms with van der Waals surface area (Å²) >= 11 is 0. The molecule has 2 amide bonds. The van der Waals surface area contributed by atoms with Gasteiger partial charge in [0.1, 0.15) is 11.6 Å². The summed E-state index contributed by atoms with van der Waals surface area (Å²) in [7, 11) is 0. The van der Waals surface area contributed by atoms with Crippen LogP contribution in [0, 0.1) is 11.3 Å². The Morgan fingerprint density at radius 2 is 1.84 bits per heavy atom. The van der Waals surface area contributed by atoms with Gasteiger partial charge in [0.2, 0.25) is 0 Å². The average molecular weight is 421 g/mol. The fourth-order valence-corrected chi connectivity index (χ4v) is 2.58. The first kappa shape index (κ1) is 23.5. The van der Waals surface area contributed by atoms with Crippen LogP contribution in [-0.4, -0.2) is 31.1 Å². The van der Waals surface area contributed by atoms with E-state index in [0.29, 0.717) is 29.4 Å². The minimum absolute atomic E-state index is 0.00124. The molecule has 1 atom stereocenters. The van der Waals surface area contributed by atoms with Gasteiger partial charge in [-0.3, -0.25) is 9.59 Å². The highest BCUT2D eigenvalue weighted by atomic mass is 16.5. The summed E-state index contributed by atoms with van der Waals surface area (Å²) in [6, 6.07) is 16.0. The van der Waals surface area contributed by atoms with Gasteiger partial charge in [0, 0.05) is 11.7 Å². The van der Waals surface area contributed by atoms with Crippen LogP contribution in [0.4, 0.5) is 5.69 Å². The van der Waals surface area contributed by atoms with Gasteiger partial charge in [0.05, 0.1) is 6.61 Å². The molecular formula is C24H27N3O4. The van der Waals surface area contributed by atoms with E-state index < -0.39 is 5.91 Å². The van der Waals surface area contributed by atoms with E-state index >= 15 is 0 Å². The Morgan fingerprint density at radius 3 is 2.48 bits per heavy atom. The second kappa shape index (κ2) is 12.0. The zero-order valence-corrected chi connectivity index (χ0v) is 18.0. The molecule has 7 heteroatoms. The van der Waals surface area contributed by atoms with Gasteiger partial charge in [0.25, 0.3) is 11.8 Å². The fourth-order valence-electron chi connectivity index (χ4n) is 2.58. The van der Waals surface area contributed by atoms with Gasteiger partial charge in [-0.2, -0.15) is 5.26 Å². The predicted octanol–water partition coefficient (Wildman–Crippen LogP) is 3.92. The summed E-state index contributed by atoms with van der Waals surface area (Å²) in [6.07, 6.45) is 2.26. The van der Waals surface area contributed by atoms with Crippen molar-refractivity contribution in [2.75, 3.05) is 18.5 Å². The lowest BCUT2D eigenvalue weighted by Crippen LogP contribution is -2.32. The monoisotopic (exact) mass is 421 g/mol. The van der Waals surface area contributed by atoms with Crippen LogP contribution < -0.4 is 20.1 Å². The van der Waals surface area contributed by atoms with E-state index in [-0.39, 0.29) is 24.1 Å². The normalized spacial score (nSPS) is 11.7. The number of anilines is 1. The van der Waals surface area contributed by atoms with E-state index in [2.05, 4.69) is 10.6 Å². The van der Waals surface area contributed by atoms with Crippen molar-refractivity contribution in [2.45, 2.75) is 33.2 Å². The number of carbonyl (C=O) groups is 2. The van der Waals surface area contributed by atoms with Crippen molar-refractivity contribution in [3.63, 3.8) is 0 Å². The highest BCUT2D eigenvalue weighted by molar-refractivity contribution is 6.01. The number of amides is 2. The second-order valence-electron chi connectivity index (χ2n) is 6.79. The first-order valence-electron chi connectivity index (χ1n) is 10.1. The number of hydrogen-bond acceptors (Lipinski definition) is 5. The minimum Gasteiger partial charge on any atom is -0.490 e. The maximum atomic E-state index is 12.3. The van der Waals surface area contributed by atoms with Gasteiger partial charge in [0.15, 0.2) is 18.1 Å². The third-order valence-corrected chi connectivity index (χ3v) is 4.35. The molecule has 2 aromatic rings. The summed E-state index contributed by atoms with van der Waals surface area (Å²) in [6.45, 7) is 5.85. The molecule has 2 rings (SSSR count). The number of rotatable bonds is 10. The van der Waals surface area contributed by atoms with Crippen LogP contribution >= 0.6 is 0 Å². The Hall–Kier alpha value is -3.79. The molecule has 2 N–H and O–H groups in total. The zero-order valence-electron chi connectivity index (χ0n) is 18.0. The van der Waals surface area contributed by atoms with E-state index in [1.54, 1.807) is 30.3 Å². The molecule has 162 valence electrons. The molecule has 0 saturated carbocycles. The van der Waals surface area contributed by atoms with E-state index in [4.69, 9.17) is 9.47 Å². The summed E-state index contributed by atoms with van der Waals surface area (Å²) < 4.78 is 11.2. The van der Waals surface area contributed by atoms with Crippen molar-refractivity contribution in [1.29, 1.82) is 5.26 Å². The van der Waals surface area contributed by atoms with Gasteiger partial charge < -0.3 is 20.1 Å². The Morgan fingerprint density at radius 1 is 1.10 bits per heavy atom. The summed E-state index contributed by atoms with van der Waals surface area (Å²) in [5, 5.41) is 14.9. The fraction of sp³-hybridized carbons (Fsp3) is 0.292. The molecule has 0 aromatic heterocycles. The van der Waals surface area contributed by atoms with Crippen LogP contribution in [-0.2, 0) is 9.59 Å². The number of benzene rings is 2. The largest absolute Gasteiger partial charge is 0.490 e. The second-order valence-corrected chi connectivity index (χ2v) is 6.79. The van der Waals surface area contributed by atoms with Crippen molar-refractivity contribution in [3.05, 3.63) is 59.7 Å². The Kier molecular flexibility index (Phi) is 9.12. The van der Waals surface area contributed by atoms with Crippen molar-refractivity contribution in [3.8, 4) is 17.6 Å². The quantitative estimate of drug-likeness (QED) is 0.447. The summed E-state index contributed by atoms with van der Waals surface area (Å²) in [5.41, 5.74) is 1.29. The number of para-hydroxylation sites is 1. The van der Waals surface area contributed by atoms with Crippen molar-refractivity contribution >= 4 is 23.6 Å². The van der Waals surface area contributed by atoms with E-state index in [1.807, 2.05) is 45.0 Å². The first-order chi connectivity index (χ1) is 15.0. The molecular weight excluding hydrogens is 394 g/mol. The molecule has 2 aromatic carbocycles. The topological polar surface area (TPSA) is 100 Å². The maximum absolute atomic E-state index is 12.3. The molecule has 0 saturated heterocycles. The Balaban J connectivity index is 2.11. The molecule has 0 radical (unpaired) electrons. The summed E-state index contributed by atoms with van der Waals surface area (Å²) in [4.78, 5) is 24.4. The minimum atomic E-state index is -0.423. The lowest BCUT2D eigenvalue weighted by molar-refractivity contribution is -0.118. The van der Waals surface area contributed by atoms with Crippen molar-refractivity contribution in [2.24, 2.45) is 0 Å². The third-order valence-electron chi connectivity index (χ3n) is 4.35. The summed E-state index contributed by atoms with van der Waals surface area (Å²) in [5.74, 6) is 0.0898. The molecule has 31 heavy (non-hydrogen) atoms. The van der Waals surface area contributed by atoms with Gasteiger partial charge in [-0.15, -0.1) is 0 Å². The van der Waals surface area contributed by atoms with Crippen molar-refractivity contribution in [1.82, 2.24) is 5.32 Å². The van der Waals surface area contributed by atoms with Crippen LogP contribution in [0.5, 0.6) is 11.5 Å². The molecule has 0 fully saturated rings. The van der Waals surface area contributed by atoms with Gasteiger partial charge in [-0.25, -0.2) is 0 Å². The number of nitriles is 1. The van der Waals surface area contributed by atoms with Crippen LogP contribution in [0.15, 0.2) is 54.1 Å². The number of nitrogens with one attached hydrogen (secondary N) is 2. The van der Waals surface area contributed by atoms with E-state index in [9.17, 15) is 14.9 Å². The standard InChI is InChI=1S/C24H27N3O4/c1-4-17(3)26-24(29)19(15-25)13-18-11-12-21(22(14-18)30-5-2)31-16-23(28)27-20-9-7-6-8-10-20/h6-14,17H,4-5,16H2,1-3H3,(H,26,29)(H,27,28)/b19-13+/t17-/m1/s1. The first-order valence-corrected chi connectivity index (χ1v) is 10.1. The number of nitrogens with zero attached hydrogens (tertiary/aromatic N) is 1. The van der Waals surface area contributed by atoms with Gasteiger partial charge in [-0.05, 0) is 56.2 Å².